The van der Waals surface area contributed by atoms with Gasteiger partial charge in [-0.2, -0.15) is 0 Å². The topological polar surface area (TPSA) is 38.5 Å². The van der Waals surface area contributed by atoms with Gasteiger partial charge in [-0.1, -0.05) is 25.0 Å². The van der Waals surface area contributed by atoms with E-state index in [1.807, 2.05) is 12.1 Å². The van der Waals surface area contributed by atoms with E-state index >= 15 is 0 Å². The van der Waals surface area contributed by atoms with Crippen molar-refractivity contribution in [3.8, 4) is 0 Å². The molecular formula is C17H26N2O. The summed E-state index contributed by atoms with van der Waals surface area (Å²) in [6.07, 6.45) is 8.20. The summed E-state index contributed by atoms with van der Waals surface area (Å²) in [5.41, 5.74) is 7.97. The third kappa shape index (κ3) is 3.33. The second-order valence-corrected chi connectivity index (χ2v) is 6.14. The van der Waals surface area contributed by atoms with Crippen molar-refractivity contribution in [1.29, 1.82) is 0 Å². The minimum absolute atomic E-state index is 0.508. The monoisotopic (exact) mass is 274 g/mol. The smallest absolute Gasteiger partial charge is 0.0730 e. The van der Waals surface area contributed by atoms with Crippen molar-refractivity contribution in [2.75, 3.05) is 25.4 Å². The van der Waals surface area contributed by atoms with E-state index in [4.69, 9.17) is 10.5 Å². The Morgan fingerprint density at radius 3 is 2.80 bits per heavy atom. The van der Waals surface area contributed by atoms with Gasteiger partial charge in [-0.05, 0) is 49.9 Å². The molecule has 1 aliphatic heterocycles. The fourth-order valence-corrected chi connectivity index (χ4v) is 3.62. The molecule has 2 N–H and O–H groups in total. The van der Waals surface area contributed by atoms with Gasteiger partial charge in [0, 0.05) is 18.3 Å². The van der Waals surface area contributed by atoms with Crippen LogP contribution in [0.5, 0.6) is 0 Å². The lowest BCUT2D eigenvalue weighted by Crippen LogP contribution is -2.52. The van der Waals surface area contributed by atoms with Crippen LogP contribution in [0.3, 0.4) is 0 Å². The molecule has 1 aromatic rings. The molecular weight excluding hydrogens is 248 g/mol. The number of aryl methyl sites for hydroxylation is 1. The molecule has 3 nitrogen and oxygen atoms in total. The second-order valence-electron chi connectivity index (χ2n) is 6.14. The van der Waals surface area contributed by atoms with Crippen molar-refractivity contribution < 1.29 is 4.74 Å². The highest BCUT2D eigenvalue weighted by Gasteiger charge is 2.33. The molecule has 2 aliphatic rings. The molecule has 3 heteroatoms. The third-order valence-electron chi connectivity index (χ3n) is 4.74. The molecule has 3 rings (SSSR count). The molecule has 110 valence electrons. The second kappa shape index (κ2) is 6.59. The molecule has 1 saturated carbocycles. The molecule has 20 heavy (non-hydrogen) atoms. The van der Waals surface area contributed by atoms with Crippen LogP contribution < -0.4 is 5.73 Å². The van der Waals surface area contributed by atoms with E-state index in [1.54, 1.807) is 0 Å². The quantitative estimate of drug-likeness (QED) is 0.858. The Kier molecular flexibility index (Phi) is 4.58. The first-order valence-electron chi connectivity index (χ1n) is 8.03. The highest BCUT2D eigenvalue weighted by Crippen LogP contribution is 2.28. The average Bonchev–Trinajstić information content (AvgIpc) is 2.49. The zero-order valence-electron chi connectivity index (χ0n) is 12.3. The number of benzene rings is 1. The van der Waals surface area contributed by atoms with E-state index in [2.05, 4.69) is 17.0 Å². The molecule has 0 amide bonds. The van der Waals surface area contributed by atoms with Gasteiger partial charge in [-0.3, -0.25) is 4.90 Å². The third-order valence-corrected chi connectivity index (χ3v) is 4.74. The number of nitrogen functional groups attached to an aromatic ring is 1. The van der Waals surface area contributed by atoms with Crippen molar-refractivity contribution in [3.05, 3.63) is 29.8 Å². The average molecular weight is 274 g/mol. The van der Waals surface area contributed by atoms with Crippen LogP contribution in [0, 0.1) is 0 Å². The maximum atomic E-state index is 5.93. The summed E-state index contributed by atoms with van der Waals surface area (Å²) in [5, 5.41) is 0. The number of anilines is 1. The van der Waals surface area contributed by atoms with Gasteiger partial charge in [0.25, 0.3) is 0 Å². The molecule has 0 bridgehead atoms. The summed E-state index contributed by atoms with van der Waals surface area (Å²) < 4.78 is 5.93. The molecule has 1 aromatic carbocycles. The van der Waals surface area contributed by atoms with Crippen LogP contribution in [0.2, 0.25) is 0 Å². The van der Waals surface area contributed by atoms with E-state index in [-0.39, 0.29) is 0 Å². The highest BCUT2D eigenvalue weighted by atomic mass is 16.5. The van der Waals surface area contributed by atoms with Crippen LogP contribution in [0.4, 0.5) is 5.69 Å². The largest absolute Gasteiger partial charge is 0.399 e. The van der Waals surface area contributed by atoms with Gasteiger partial charge in [0.1, 0.15) is 0 Å². The zero-order chi connectivity index (χ0) is 13.8. The normalized spacial score (nSPS) is 27.2. The van der Waals surface area contributed by atoms with E-state index in [0.29, 0.717) is 12.1 Å². The molecule has 1 aliphatic carbocycles. The summed E-state index contributed by atoms with van der Waals surface area (Å²) in [5.74, 6) is 0. The van der Waals surface area contributed by atoms with Crippen molar-refractivity contribution in [2.24, 2.45) is 0 Å². The first-order valence-corrected chi connectivity index (χ1v) is 8.03. The predicted molar refractivity (Wildman–Crippen MR) is 82.7 cm³/mol. The minimum atomic E-state index is 0.508. The number of rotatable bonds is 4. The lowest BCUT2D eigenvalue weighted by molar-refractivity contribution is -0.0881. The van der Waals surface area contributed by atoms with Gasteiger partial charge in [0.05, 0.1) is 12.7 Å². The molecule has 2 atom stereocenters. The van der Waals surface area contributed by atoms with Crippen LogP contribution in [-0.2, 0) is 11.2 Å². The molecule has 2 fully saturated rings. The Labute approximate surface area is 122 Å². The first kappa shape index (κ1) is 13.9. The standard InChI is InChI=1S/C17H26N2O/c18-15-9-7-14(8-10-15)4-3-11-19-12-13-20-17-6-2-1-5-16(17)19/h7-10,16-17H,1-6,11-13,18H2. The summed E-state index contributed by atoms with van der Waals surface area (Å²) in [6.45, 7) is 3.24. The number of hydrogen-bond acceptors (Lipinski definition) is 3. The number of fused-ring (bicyclic) bond motifs is 1. The van der Waals surface area contributed by atoms with Gasteiger partial charge in [-0.15, -0.1) is 0 Å². The number of hydrogen-bond donors (Lipinski definition) is 1. The molecule has 1 heterocycles. The zero-order valence-corrected chi connectivity index (χ0v) is 12.3. The van der Waals surface area contributed by atoms with Crippen LogP contribution in [0.15, 0.2) is 24.3 Å². The number of nitrogens with zero attached hydrogens (tertiary/aromatic N) is 1. The van der Waals surface area contributed by atoms with Gasteiger partial charge in [0.15, 0.2) is 0 Å². The van der Waals surface area contributed by atoms with E-state index in [1.165, 1.54) is 44.2 Å². The van der Waals surface area contributed by atoms with E-state index in [0.717, 1.165) is 25.3 Å². The predicted octanol–water partition coefficient (Wildman–Crippen LogP) is 2.84. The number of ether oxygens (including phenoxy) is 1. The van der Waals surface area contributed by atoms with E-state index < -0.39 is 0 Å². The van der Waals surface area contributed by atoms with Crippen LogP contribution in [-0.4, -0.2) is 36.7 Å². The van der Waals surface area contributed by atoms with Crippen molar-refractivity contribution in [1.82, 2.24) is 4.90 Å². The number of nitrogens with two attached hydrogens (primary N) is 1. The van der Waals surface area contributed by atoms with Gasteiger partial charge >= 0.3 is 0 Å². The first-order chi connectivity index (χ1) is 9.83. The summed E-state index contributed by atoms with van der Waals surface area (Å²) in [6, 6.07) is 8.99. The molecule has 0 spiro atoms. The molecule has 2 unspecified atom stereocenters. The van der Waals surface area contributed by atoms with Crippen molar-refractivity contribution >= 4 is 5.69 Å². The Morgan fingerprint density at radius 1 is 1.15 bits per heavy atom. The molecule has 1 saturated heterocycles. The summed E-state index contributed by atoms with van der Waals surface area (Å²) in [4.78, 5) is 2.67. The Bertz CT molecular complexity index is 416. The number of morpholine rings is 1. The van der Waals surface area contributed by atoms with Crippen LogP contribution >= 0.6 is 0 Å². The fraction of sp³-hybridized carbons (Fsp3) is 0.647. The van der Waals surface area contributed by atoms with Crippen molar-refractivity contribution in [3.63, 3.8) is 0 Å². The minimum Gasteiger partial charge on any atom is -0.399 e. The lowest BCUT2D eigenvalue weighted by atomic mass is 9.90. The van der Waals surface area contributed by atoms with Gasteiger partial charge in [0.2, 0.25) is 0 Å². The Hall–Kier alpha value is -1.06. The van der Waals surface area contributed by atoms with Crippen LogP contribution in [0.1, 0.15) is 37.7 Å². The summed E-state index contributed by atoms with van der Waals surface area (Å²) in [7, 11) is 0. The van der Waals surface area contributed by atoms with Crippen LogP contribution in [0.25, 0.3) is 0 Å². The lowest BCUT2D eigenvalue weighted by Gasteiger charge is -2.43. The maximum Gasteiger partial charge on any atom is 0.0730 e. The van der Waals surface area contributed by atoms with Crippen molar-refractivity contribution in [2.45, 2.75) is 50.7 Å². The highest BCUT2D eigenvalue weighted by molar-refractivity contribution is 5.39. The Balaban J connectivity index is 1.48. The van der Waals surface area contributed by atoms with E-state index in [9.17, 15) is 0 Å². The Morgan fingerprint density at radius 2 is 1.95 bits per heavy atom. The van der Waals surface area contributed by atoms with Gasteiger partial charge < -0.3 is 10.5 Å². The SMILES string of the molecule is Nc1ccc(CCCN2CCOC3CCCCC32)cc1. The molecule has 0 aromatic heterocycles. The van der Waals surface area contributed by atoms with Gasteiger partial charge in [-0.25, -0.2) is 0 Å². The molecule has 0 radical (unpaired) electrons. The fourth-order valence-electron chi connectivity index (χ4n) is 3.62. The maximum absolute atomic E-state index is 5.93. The summed E-state index contributed by atoms with van der Waals surface area (Å²) >= 11 is 0.